The highest BCUT2D eigenvalue weighted by Gasteiger charge is 2.45. The molecule has 0 saturated carbocycles. The Bertz CT molecular complexity index is 700. The van der Waals surface area contributed by atoms with Crippen LogP contribution in [0.15, 0.2) is 30.3 Å². The third kappa shape index (κ3) is 4.48. The molecule has 2 heterocycles. The van der Waals surface area contributed by atoms with Crippen LogP contribution in [0.4, 0.5) is 13.2 Å². The number of ether oxygens (including phenoxy) is 1. The van der Waals surface area contributed by atoms with Crippen molar-refractivity contribution in [1.82, 2.24) is 9.80 Å². The summed E-state index contributed by atoms with van der Waals surface area (Å²) in [4.78, 5) is 27.8. The van der Waals surface area contributed by atoms with Gasteiger partial charge in [-0.3, -0.25) is 9.59 Å². The maximum atomic E-state index is 13.3. The molecule has 28 heavy (non-hydrogen) atoms. The van der Waals surface area contributed by atoms with Crippen molar-refractivity contribution in [3.8, 4) is 0 Å². The van der Waals surface area contributed by atoms with Crippen LogP contribution in [-0.4, -0.2) is 60.6 Å². The summed E-state index contributed by atoms with van der Waals surface area (Å²) in [6.07, 6.45) is -4.87. The van der Waals surface area contributed by atoms with Gasteiger partial charge in [0.2, 0.25) is 11.8 Å². The highest BCUT2D eigenvalue weighted by molar-refractivity contribution is 5.80. The third-order valence-corrected chi connectivity index (χ3v) is 5.74. The molecule has 0 unspecified atom stereocenters. The number of amides is 2. The number of carbonyl (C=O) groups is 2. The minimum absolute atomic E-state index is 0.0236. The minimum Gasteiger partial charge on any atom is -0.354 e. The molecule has 2 amide bonds. The highest BCUT2D eigenvalue weighted by Crippen LogP contribution is 2.41. The van der Waals surface area contributed by atoms with Crippen molar-refractivity contribution in [2.45, 2.75) is 38.5 Å². The van der Waals surface area contributed by atoms with Crippen molar-refractivity contribution in [2.75, 3.05) is 32.8 Å². The largest absolute Gasteiger partial charge is 0.418 e. The van der Waals surface area contributed by atoms with Crippen molar-refractivity contribution in [3.63, 3.8) is 0 Å². The van der Waals surface area contributed by atoms with Gasteiger partial charge < -0.3 is 14.5 Å². The zero-order valence-electron chi connectivity index (χ0n) is 15.9. The molecule has 0 aromatic heterocycles. The number of likely N-dealkylation sites (tertiary alicyclic amines) is 2. The van der Waals surface area contributed by atoms with Gasteiger partial charge >= 0.3 is 6.18 Å². The molecule has 0 aliphatic carbocycles. The van der Waals surface area contributed by atoms with Gasteiger partial charge in [-0.15, -0.1) is 0 Å². The molecule has 1 aromatic rings. The summed E-state index contributed by atoms with van der Waals surface area (Å²) in [5.41, 5.74) is -0.131. The molecule has 3 rings (SSSR count). The number of nitrogens with zero attached hydrogens (tertiary/aromatic N) is 2. The SMILES string of the molecule is CCN1CC2(CCN(C(=O)CO[C@@H](c3ccccc3)C(F)(F)F)CC2)CC1=O. The number of carbonyl (C=O) groups excluding carboxylic acids is 2. The molecular weight excluding hydrogens is 373 g/mol. The van der Waals surface area contributed by atoms with Crippen molar-refractivity contribution in [1.29, 1.82) is 0 Å². The van der Waals surface area contributed by atoms with Crippen LogP contribution < -0.4 is 0 Å². The summed E-state index contributed by atoms with van der Waals surface area (Å²) in [7, 11) is 0. The van der Waals surface area contributed by atoms with Crippen LogP contribution in [0.3, 0.4) is 0 Å². The molecule has 1 atom stereocenters. The smallest absolute Gasteiger partial charge is 0.354 e. The lowest BCUT2D eigenvalue weighted by Crippen LogP contribution is -2.45. The lowest BCUT2D eigenvalue weighted by Gasteiger charge is -2.39. The summed E-state index contributed by atoms with van der Waals surface area (Å²) < 4.78 is 45.0. The first kappa shape index (κ1) is 20.6. The van der Waals surface area contributed by atoms with Crippen molar-refractivity contribution >= 4 is 11.8 Å². The van der Waals surface area contributed by atoms with Crippen molar-refractivity contribution in [2.24, 2.45) is 5.41 Å². The second kappa shape index (κ2) is 8.11. The van der Waals surface area contributed by atoms with E-state index in [0.29, 0.717) is 45.4 Å². The summed E-state index contributed by atoms with van der Waals surface area (Å²) in [5, 5.41) is 0. The fraction of sp³-hybridized carbons (Fsp3) is 0.600. The van der Waals surface area contributed by atoms with E-state index in [1.807, 2.05) is 11.8 Å². The van der Waals surface area contributed by atoms with Crippen LogP contribution >= 0.6 is 0 Å². The van der Waals surface area contributed by atoms with Crippen LogP contribution in [0.5, 0.6) is 0 Å². The molecule has 0 bridgehead atoms. The van der Waals surface area contributed by atoms with E-state index in [0.717, 1.165) is 0 Å². The van der Waals surface area contributed by atoms with E-state index in [2.05, 4.69) is 0 Å². The van der Waals surface area contributed by atoms with Crippen molar-refractivity contribution < 1.29 is 27.5 Å². The van der Waals surface area contributed by atoms with Gasteiger partial charge in [-0.25, -0.2) is 0 Å². The van der Waals surface area contributed by atoms with Gasteiger partial charge in [-0.2, -0.15) is 13.2 Å². The number of benzene rings is 1. The molecular formula is C20H25F3N2O3. The van der Waals surface area contributed by atoms with Crippen LogP contribution in [-0.2, 0) is 14.3 Å². The standard InChI is InChI=1S/C20H25F3N2O3/c1-2-24-14-19(12-16(24)26)8-10-25(11-9-19)17(27)13-28-18(20(21,22)23)15-6-4-3-5-7-15/h3-7,18H,2,8-14H2,1H3/t18-/m0/s1. The lowest BCUT2D eigenvalue weighted by molar-refractivity contribution is -0.224. The van der Waals surface area contributed by atoms with Gasteiger partial charge in [0, 0.05) is 38.0 Å². The summed E-state index contributed by atoms with van der Waals surface area (Å²) >= 11 is 0. The van der Waals surface area contributed by atoms with Crippen LogP contribution in [0.1, 0.15) is 37.9 Å². The Labute approximate surface area is 162 Å². The monoisotopic (exact) mass is 398 g/mol. The first-order valence-corrected chi connectivity index (χ1v) is 9.53. The van der Waals surface area contributed by atoms with Gasteiger partial charge in [0.1, 0.15) is 6.61 Å². The lowest BCUT2D eigenvalue weighted by atomic mass is 9.77. The molecule has 5 nitrogen and oxygen atoms in total. The number of halogens is 3. The quantitative estimate of drug-likeness (QED) is 0.766. The summed E-state index contributed by atoms with van der Waals surface area (Å²) in [6.45, 7) is 3.58. The zero-order valence-corrected chi connectivity index (χ0v) is 15.9. The molecule has 1 spiro atoms. The molecule has 154 valence electrons. The number of rotatable bonds is 5. The second-order valence-corrected chi connectivity index (χ2v) is 7.61. The Morgan fingerprint density at radius 2 is 1.86 bits per heavy atom. The molecule has 2 aliphatic heterocycles. The predicted octanol–water partition coefficient (Wildman–Crippen LogP) is 3.17. The van der Waals surface area contributed by atoms with E-state index < -0.39 is 24.8 Å². The average molecular weight is 398 g/mol. The highest BCUT2D eigenvalue weighted by atomic mass is 19.4. The van der Waals surface area contributed by atoms with Gasteiger partial charge in [0.25, 0.3) is 0 Å². The van der Waals surface area contributed by atoms with Gasteiger partial charge in [0.15, 0.2) is 6.10 Å². The van der Waals surface area contributed by atoms with Crippen LogP contribution in [0.2, 0.25) is 0 Å². The van der Waals surface area contributed by atoms with E-state index in [4.69, 9.17) is 4.74 Å². The Hall–Kier alpha value is -2.09. The van der Waals surface area contributed by atoms with Gasteiger partial charge in [-0.05, 0) is 25.3 Å². The van der Waals surface area contributed by atoms with E-state index in [1.54, 1.807) is 11.0 Å². The fourth-order valence-electron chi connectivity index (χ4n) is 4.09. The zero-order chi connectivity index (χ0) is 20.4. The second-order valence-electron chi connectivity index (χ2n) is 7.61. The topological polar surface area (TPSA) is 49.9 Å². The van der Waals surface area contributed by atoms with Crippen LogP contribution in [0.25, 0.3) is 0 Å². The molecule has 0 radical (unpaired) electrons. The maximum absolute atomic E-state index is 13.3. The molecule has 2 fully saturated rings. The normalized spacial score (nSPS) is 20.6. The van der Waals surface area contributed by atoms with Crippen molar-refractivity contribution in [3.05, 3.63) is 35.9 Å². The number of hydrogen-bond donors (Lipinski definition) is 0. The Morgan fingerprint density at radius 1 is 1.21 bits per heavy atom. The molecule has 8 heteroatoms. The van der Waals surface area contributed by atoms with E-state index >= 15 is 0 Å². The number of piperidine rings is 1. The Balaban J connectivity index is 1.55. The third-order valence-electron chi connectivity index (χ3n) is 5.74. The van der Waals surface area contributed by atoms with E-state index in [-0.39, 0.29) is 16.9 Å². The average Bonchev–Trinajstić information content (AvgIpc) is 2.97. The predicted molar refractivity (Wildman–Crippen MR) is 96.3 cm³/mol. The Morgan fingerprint density at radius 3 is 2.39 bits per heavy atom. The minimum atomic E-state index is -4.60. The summed E-state index contributed by atoms with van der Waals surface area (Å²) in [6, 6.07) is 7.31. The Kier molecular flexibility index (Phi) is 5.98. The first-order chi connectivity index (χ1) is 13.2. The molecule has 0 N–H and O–H groups in total. The van der Waals surface area contributed by atoms with E-state index in [1.165, 1.54) is 24.3 Å². The van der Waals surface area contributed by atoms with E-state index in [9.17, 15) is 22.8 Å². The molecule has 1 aromatic carbocycles. The fourth-order valence-corrected chi connectivity index (χ4v) is 4.09. The van der Waals surface area contributed by atoms with Gasteiger partial charge in [0.05, 0.1) is 0 Å². The first-order valence-electron chi connectivity index (χ1n) is 9.53. The summed E-state index contributed by atoms with van der Waals surface area (Å²) in [5.74, 6) is -0.307. The number of alkyl halides is 3. The van der Waals surface area contributed by atoms with Crippen LogP contribution in [0, 0.1) is 5.41 Å². The number of hydrogen-bond acceptors (Lipinski definition) is 3. The molecule has 2 aliphatic rings. The maximum Gasteiger partial charge on any atom is 0.418 e. The van der Waals surface area contributed by atoms with Gasteiger partial charge in [-0.1, -0.05) is 30.3 Å². The molecule has 2 saturated heterocycles.